The molecule has 1 aromatic heterocycles. The van der Waals surface area contributed by atoms with E-state index in [2.05, 4.69) is 20.4 Å². The van der Waals surface area contributed by atoms with Crippen molar-refractivity contribution in [3.63, 3.8) is 0 Å². The lowest BCUT2D eigenvalue weighted by Crippen LogP contribution is -2.47. The van der Waals surface area contributed by atoms with E-state index in [0.717, 1.165) is 25.3 Å². The third-order valence-corrected chi connectivity index (χ3v) is 6.06. The number of carbonyl (C=O) groups is 2. The molecule has 0 bridgehead atoms. The van der Waals surface area contributed by atoms with Crippen LogP contribution in [-0.4, -0.2) is 48.3 Å². The van der Waals surface area contributed by atoms with Crippen molar-refractivity contribution in [2.45, 2.75) is 44.3 Å². The van der Waals surface area contributed by atoms with Crippen molar-refractivity contribution in [2.24, 2.45) is 5.92 Å². The quantitative estimate of drug-likeness (QED) is 0.548. The number of alkyl halides is 5. The first-order valence-electron chi connectivity index (χ1n) is 10.4. The predicted octanol–water partition coefficient (Wildman–Crippen LogP) is 4.40. The summed E-state index contributed by atoms with van der Waals surface area (Å²) in [6, 6.07) is 3.66. The van der Waals surface area contributed by atoms with Crippen LogP contribution < -0.4 is 15.4 Å². The van der Waals surface area contributed by atoms with Gasteiger partial charge in [-0.2, -0.15) is 26.3 Å². The molecule has 2 aromatic rings. The van der Waals surface area contributed by atoms with Crippen molar-refractivity contribution in [3.8, 4) is 5.75 Å². The zero-order valence-corrected chi connectivity index (χ0v) is 18.9. The third-order valence-electron chi connectivity index (χ3n) is 6.06. The summed E-state index contributed by atoms with van der Waals surface area (Å²) in [5, 5.41) is 4.60. The van der Waals surface area contributed by atoms with E-state index >= 15 is 0 Å². The minimum Gasteiger partial charge on any atom is -0.431 e. The molecule has 1 aliphatic rings. The van der Waals surface area contributed by atoms with Gasteiger partial charge in [0.2, 0.25) is 5.82 Å². The molecule has 1 aromatic carbocycles. The van der Waals surface area contributed by atoms with Crippen LogP contribution in [0, 0.1) is 17.6 Å². The SMILES string of the molecule is CNC(=O)c1cc(NC(=O)[C@H]2O[C@](C)(C(F)(F)F)[C@@H](C)[C@@H]2c2ccc(F)c(F)c2OC(F)F)ccn1. The van der Waals surface area contributed by atoms with E-state index in [1.807, 2.05) is 0 Å². The number of benzene rings is 1. The normalized spacial score (nSPS) is 24.0. The second-order valence-corrected chi connectivity index (χ2v) is 8.11. The number of aromatic nitrogens is 1. The zero-order chi connectivity index (χ0) is 27.0. The number of pyridine rings is 1. The van der Waals surface area contributed by atoms with Crippen LogP contribution >= 0.6 is 0 Å². The third kappa shape index (κ3) is 4.94. The highest BCUT2D eigenvalue weighted by molar-refractivity contribution is 5.97. The Labute approximate surface area is 200 Å². The standard InChI is InChI=1S/C22H20F7N3O4/c1-9-14(11-4-5-12(23)15(24)16(11)35-20(25)26)17(36-21(9,2)22(27,28)29)19(34)32-10-6-7-31-13(8-10)18(33)30-3/h4-9,14,17,20H,1-3H3,(H,30,33)(H,31,32,34)/t9-,14+,17-,21-/m0/s1. The van der Waals surface area contributed by atoms with Gasteiger partial charge in [-0.05, 0) is 25.1 Å². The molecule has 1 fully saturated rings. The second kappa shape index (κ2) is 9.91. The highest BCUT2D eigenvalue weighted by atomic mass is 19.4. The van der Waals surface area contributed by atoms with E-state index in [1.165, 1.54) is 13.1 Å². The molecule has 14 heteroatoms. The summed E-state index contributed by atoms with van der Waals surface area (Å²) in [4.78, 5) is 28.7. The molecule has 2 N–H and O–H groups in total. The Balaban J connectivity index is 2.09. The highest BCUT2D eigenvalue weighted by Gasteiger charge is 2.66. The van der Waals surface area contributed by atoms with E-state index in [0.29, 0.717) is 13.0 Å². The Kier molecular flexibility index (Phi) is 7.48. The number of hydrogen-bond donors (Lipinski definition) is 2. The maximum atomic E-state index is 14.4. The lowest BCUT2D eigenvalue weighted by atomic mass is 9.77. The Morgan fingerprint density at radius 3 is 2.44 bits per heavy atom. The van der Waals surface area contributed by atoms with Crippen LogP contribution in [0.2, 0.25) is 0 Å². The number of rotatable bonds is 6. The maximum absolute atomic E-state index is 14.4. The van der Waals surface area contributed by atoms with Crippen molar-refractivity contribution in [1.82, 2.24) is 10.3 Å². The first kappa shape index (κ1) is 27.2. The van der Waals surface area contributed by atoms with E-state index < -0.39 is 71.1 Å². The highest BCUT2D eigenvalue weighted by Crippen LogP contribution is 2.55. The molecule has 0 radical (unpaired) electrons. The molecule has 0 aliphatic carbocycles. The lowest BCUT2D eigenvalue weighted by molar-refractivity contribution is -0.272. The van der Waals surface area contributed by atoms with Crippen LogP contribution in [0.25, 0.3) is 0 Å². The number of amides is 2. The van der Waals surface area contributed by atoms with Gasteiger partial charge in [-0.3, -0.25) is 14.6 Å². The molecule has 1 saturated heterocycles. The first-order valence-corrected chi connectivity index (χ1v) is 10.4. The van der Waals surface area contributed by atoms with Gasteiger partial charge in [0, 0.05) is 36.3 Å². The number of anilines is 1. The number of nitrogens with one attached hydrogen (secondary N) is 2. The molecular weight excluding hydrogens is 503 g/mol. The van der Waals surface area contributed by atoms with Crippen molar-refractivity contribution in [2.75, 3.05) is 12.4 Å². The molecule has 2 heterocycles. The van der Waals surface area contributed by atoms with Crippen molar-refractivity contribution in [1.29, 1.82) is 0 Å². The second-order valence-electron chi connectivity index (χ2n) is 8.11. The fourth-order valence-electron chi connectivity index (χ4n) is 4.02. The monoisotopic (exact) mass is 523 g/mol. The van der Waals surface area contributed by atoms with Gasteiger partial charge in [-0.1, -0.05) is 13.0 Å². The summed E-state index contributed by atoms with van der Waals surface area (Å²) in [5.41, 5.74) is -3.76. The van der Waals surface area contributed by atoms with E-state index in [4.69, 9.17) is 4.74 Å². The van der Waals surface area contributed by atoms with Crippen molar-refractivity contribution >= 4 is 17.5 Å². The van der Waals surface area contributed by atoms with Crippen LogP contribution in [-0.2, 0) is 9.53 Å². The molecule has 2 amide bonds. The van der Waals surface area contributed by atoms with Gasteiger partial charge in [-0.15, -0.1) is 0 Å². The summed E-state index contributed by atoms with van der Waals surface area (Å²) in [6.45, 7) is -1.95. The summed E-state index contributed by atoms with van der Waals surface area (Å²) in [6.07, 6.45) is -5.89. The van der Waals surface area contributed by atoms with E-state index in [-0.39, 0.29) is 11.4 Å². The molecule has 0 unspecified atom stereocenters. The maximum Gasteiger partial charge on any atom is 0.417 e. The van der Waals surface area contributed by atoms with Gasteiger partial charge in [-0.25, -0.2) is 4.39 Å². The zero-order valence-electron chi connectivity index (χ0n) is 18.9. The summed E-state index contributed by atoms with van der Waals surface area (Å²) in [7, 11) is 1.33. The van der Waals surface area contributed by atoms with Crippen LogP contribution in [0.4, 0.5) is 36.4 Å². The van der Waals surface area contributed by atoms with Gasteiger partial charge in [0.25, 0.3) is 11.8 Å². The molecule has 36 heavy (non-hydrogen) atoms. The topological polar surface area (TPSA) is 89.6 Å². The predicted molar refractivity (Wildman–Crippen MR) is 110 cm³/mol. The molecule has 0 saturated carbocycles. The molecule has 4 atom stereocenters. The van der Waals surface area contributed by atoms with Gasteiger partial charge in [0.15, 0.2) is 17.2 Å². The van der Waals surface area contributed by atoms with Crippen LogP contribution in [0.3, 0.4) is 0 Å². The van der Waals surface area contributed by atoms with Crippen LogP contribution in [0.1, 0.15) is 35.8 Å². The fraction of sp³-hybridized carbons (Fsp3) is 0.409. The Morgan fingerprint density at radius 2 is 1.86 bits per heavy atom. The Morgan fingerprint density at radius 1 is 1.19 bits per heavy atom. The smallest absolute Gasteiger partial charge is 0.417 e. The number of nitrogens with zero attached hydrogens (tertiary/aromatic N) is 1. The molecule has 7 nitrogen and oxygen atoms in total. The van der Waals surface area contributed by atoms with Gasteiger partial charge >= 0.3 is 12.8 Å². The number of hydrogen-bond acceptors (Lipinski definition) is 5. The molecule has 3 rings (SSSR count). The summed E-state index contributed by atoms with van der Waals surface area (Å²) in [5.74, 6) is -9.89. The number of carbonyl (C=O) groups excluding carboxylic acids is 2. The van der Waals surface area contributed by atoms with Gasteiger partial charge in [0.05, 0.1) is 0 Å². The van der Waals surface area contributed by atoms with Gasteiger partial charge in [0.1, 0.15) is 11.8 Å². The first-order chi connectivity index (χ1) is 16.7. The Hall–Kier alpha value is -3.42. The molecule has 196 valence electrons. The molecule has 1 aliphatic heterocycles. The number of halogens is 7. The average Bonchev–Trinajstić information content (AvgIpc) is 3.08. The summed E-state index contributed by atoms with van der Waals surface area (Å²) >= 11 is 0. The Bertz CT molecular complexity index is 1160. The van der Waals surface area contributed by atoms with Crippen molar-refractivity contribution < 1.29 is 49.8 Å². The van der Waals surface area contributed by atoms with E-state index in [9.17, 15) is 40.3 Å². The van der Waals surface area contributed by atoms with Crippen LogP contribution in [0.5, 0.6) is 5.75 Å². The van der Waals surface area contributed by atoms with Crippen LogP contribution in [0.15, 0.2) is 30.5 Å². The largest absolute Gasteiger partial charge is 0.431 e. The average molecular weight is 523 g/mol. The molecule has 0 spiro atoms. The van der Waals surface area contributed by atoms with E-state index in [1.54, 1.807) is 0 Å². The van der Waals surface area contributed by atoms with Gasteiger partial charge < -0.3 is 20.1 Å². The minimum atomic E-state index is -5.04. The van der Waals surface area contributed by atoms with Crippen molar-refractivity contribution in [3.05, 3.63) is 53.4 Å². The number of ether oxygens (including phenoxy) is 2. The fourth-order valence-corrected chi connectivity index (χ4v) is 4.02. The lowest BCUT2D eigenvalue weighted by Gasteiger charge is -2.32. The minimum absolute atomic E-state index is 0.0430. The molecular formula is C22H20F7N3O4. The summed E-state index contributed by atoms with van der Waals surface area (Å²) < 4.78 is 105.